The quantitative estimate of drug-likeness (QED) is 0.741. The molecule has 88 valence electrons. The lowest BCUT2D eigenvalue weighted by atomic mass is 10.3. The SMILES string of the molecule is CCCN(CC1CC1)c1ccc(CBr)cn1. The molecule has 1 aliphatic rings. The van der Waals surface area contributed by atoms with Gasteiger partial charge in [-0.2, -0.15) is 0 Å². The van der Waals surface area contributed by atoms with Gasteiger partial charge < -0.3 is 4.90 Å². The van der Waals surface area contributed by atoms with E-state index in [0.717, 1.165) is 23.6 Å². The summed E-state index contributed by atoms with van der Waals surface area (Å²) >= 11 is 3.45. The van der Waals surface area contributed by atoms with E-state index in [1.54, 1.807) is 0 Å². The van der Waals surface area contributed by atoms with Gasteiger partial charge in [0.05, 0.1) is 0 Å². The zero-order valence-corrected chi connectivity index (χ0v) is 11.4. The molecule has 1 aliphatic carbocycles. The Morgan fingerprint density at radius 2 is 2.25 bits per heavy atom. The summed E-state index contributed by atoms with van der Waals surface area (Å²) < 4.78 is 0. The van der Waals surface area contributed by atoms with Crippen LogP contribution < -0.4 is 4.90 Å². The summed E-state index contributed by atoms with van der Waals surface area (Å²) in [6, 6.07) is 4.31. The monoisotopic (exact) mass is 282 g/mol. The smallest absolute Gasteiger partial charge is 0.128 e. The Morgan fingerprint density at radius 3 is 2.75 bits per heavy atom. The Hall–Kier alpha value is -0.570. The van der Waals surface area contributed by atoms with Gasteiger partial charge in [-0.15, -0.1) is 0 Å². The van der Waals surface area contributed by atoms with Crippen LogP contribution in [0.3, 0.4) is 0 Å². The average molecular weight is 283 g/mol. The van der Waals surface area contributed by atoms with Crippen molar-refractivity contribution in [3.8, 4) is 0 Å². The highest BCUT2D eigenvalue weighted by Crippen LogP contribution is 2.31. The number of aromatic nitrogens is 1. The minimum absolute atomic E-state index is 0.886. The summed E-state index contributed by atoms with van der Waals surface area (Å²) in [7, 11) is 0. The van der Waals surface area contributed by atoms with Crippen molar-refractivity contribution in [3.05, 3.63) is 23.9 Å². The van der Waals surface area contributed by atoms with Crippen LogP contribution in [0.15, 0.2) is 18.3 Å². The molecule has 1 saturated carbocycles. The van der Waals surface area contributed by atoms with Gasteiger partial charge >= 0.3 is 0 Å². The molecule has 0 unspecified atom stereocenters. The number of hydrogen-bond donors (Lipinski definition) is 0. The van der Waals surface area contributed by atoms with E-state index in [9.17, 15) is 0 Å². The molecule has 0 saturated heterocycles. The molecule has 1 fully saturated rings. The number of hydrogen-bond acceptors (Lipinski definition) is 2. The van der Waals surface area contributed by atoms with E-state index in [-0.39, 0.29) is 0 Å². The number of anilines is 1. The second-order valence-electron chi connectivity index (χ2n) is 4.55. The van der Waals surface area contributed by atoms with Crippen molar-refractivity contribution in [3.63, 3.8) is 0 Å². The number of rotatable bonds is 6. The van der Waals surface area contributed by atoms with Crippen LogP contribution >= 0.6 is 15.9 Å². The van der Waals surface area contributed by atoms with Crippen LogP contribution in [-0.2, 0) is 5.33 Å². The van der Waals surface area contributed by atoms with Crippen LogP contribution in [-0.4, -0.2) is 18.1 Å². The van der Waals surface area contributed by atoms with E-state index in [0.29, 0.717) is 0 Å². The topological polar surface area (TPSA) is 16.1 Å². The largest absolute Gasteiger partial charge is 0.356 e. The van der Waals surface area contributed by atoms with Crippen LogP contribution in [0.25, 0.3) is 0 Å². The maximum Gasteiger partial charge on any atom is 0.128 e. The molecule has 1 aromatic heterocycles. The van der Waals surface area contributed by atoms with E-state index >= 15 is 0 Å². The predicted octanol–water partition coefficient (Wildman–Crippen LogP) is 3.60. The summed E-state index contributed by atoms with van der Waals surface area (Å²) in [4.78, 5) is 6.97. The number of pyridine rings is 1. The summed E-state index contributed by atoms with van der Waals surface area (Å²) in [5, 5.41) is 0.886. The Labute approximate surface area is 106 Å². The lowest BCUT2D eigenvalue weighted by Gasteiger charge is -2.23. The van der Waals surface area contributed by atoms with E-state index < -0.39 is 0 Å². The Morgan fingerprint density at radius 1 is 1.44 bits per heavy atom. The van der Waals surface area contributed by atoms with E-state index in [1.807, 2.05) is 6.20 Å². The minimum Gasteiger partial charge on any atom is -0.356 e. The fourth-order valence-corrected chi connectivity index (χ4v) is 2.20. The third-order valence-electron chi connectivity index (χ3n) is 2.96. The zero-order chi connectivity index (χ0) is 11.4. The highest BCUT2D eigenvalue weighted by atomic mass is 79.9. The molecule has 0 N–H and O–H groups in total. The van der Waals surface area contributed by atoms with Crippen LogP contribution in [0.2, 0.25) is 0 Å². The van der Waals surface area contributed by atoms with Gasteiger partial charge in [0, 0.05) is 24.6 Å². The van der Waals surface area contributed by atoms with Crippen molar-refractivity contribution < 1.29 is 0 Å². The van der Waals surface area contributed by atoms with Gasteiger partial charge in [-0.3, -0.25) is 0 Å². The molecule has 16 heavy (non-hydrogen) atoms. The third kappa shape index (κ3) is 3.21. The maximum absolute atomic E-state index is 4.55. The lowest BCUT2D eigenvalue weighted by Crippen LogP contribution is -2.27. The van der Waals surface area contributed by atoms with Gasteiger partial charge in [-0.05, 0) is 36.8 Å². The van der Waals surface area contributed by atoms with E-state index in [1.165, 1.54) is 31.4 Å². The lowest BCUT2D eigenvalue weighted by molar-refractivity contribution is 0.699. The van der Waals surface area contributed by atoms with Crippen LogP contribution in [0.5, 0.6) is 0 Å². The maximum atomic E-state index is 4.55. The third-order valence-corrected chi connectivity index (χ3v) is 3.60. The minimum atomic E-state index is 0.886. The summed E-state index contributed by atoms with van der Waals surface area (Å²) in [6.07, 6.45) is 5.97. The normalized spacial score (nSPS) is 15.1. The van der Waals surface area contributed by atoms with Crippen molar-refractivity contribution in [1.29, 1.82) is 0 Å². The molecule has 3 heteroatoms. The average Bonchev–Trinajstić information content (AvgIpc) is 3.13. The van der Waals surface area contributed by atoms with Gasteiger partial charge in [-0.1, -0.05) is 28.9 Å². The molecule has 0 amide bonds. The van der Waals surface area contributed by atoms with Gasteiger partial charge in [0.15, 0.2) is 0 Å². The van der Waals surface area contributed by atoms with Crippen LogP contribution in [0.1, 0.15) is 31.7 Å². The van der Waals surface area contributed by atoms with E-state index in [2.05, 4.69) is 44.9 Å². The van der Waals surface area contributed by atoms with Crippen molar-refractivity contribution >= 4 is 21.7 Å². The summed E-state index contributed by atoms with van der Waals surface area (Å²) in [5.74, 6) is 2.06. The Balaban J connectivity index is 2.03. The predicted molar refractivity (Wildman–Crippen MR) is 72.1 cm³/mol. The molecular weight excluding hydrogens is 264 g/mol. The van der Waals surface area contributed by atoms with Gasteiger partial charge in [0.25, 0.3) is 0 Å². The molecular formula is C13H19BrN2. The molecule has 0 aliphatic heterocycles. The molecule has 0 aromatic carbocycles. The Bertz CT molecular complexity index is 319. The first-order chi connectivity index (χ1) is 7.83. The summed E-state index contributed by atoms with van der Waals surface area (Å²) in [6.45, 7) is 4.54. The van der Waals surface area contributed by atoms with Gasteiger partial charge in [0.1, 0.15) is 5.82 Å². The van der Waals surface area contributed by atoms with Gasteiger partial charge in [0.2, 0.25) is 0 Å². The van der Waals surface area contributed by atoms with Crippen LogP contribution in [0.4, 0.5) is 5.82 Å². The standard InChI is InChI=1S/C13H19BrN2/c1-2-7-16(10-11-3-4-11)13-6-5-12(8-14)9-15-13/h5-6,9,11H,2-4,7-8,10H2,1H3. The van der Waals surface area contributed by atoms with Crippen molar-refractivity contribution in [2.75, 3.05) is 18.0 Å². The number of nitrogens with zero attached hydrogens (tertiary/aromatic N) is 2. The van der Waals surface area contributed by atoms with Crippen LogP contribution in [0, 0.1) is 5.92 Å². The van der Waals surface area contributed by atoms with Crippen molar-refractivity contribution in [1.82, 2.24) is 4.98 Å². The fraction of sp³-hybridized carbons (Fsp3) is 0.615. The van der Waals surface area contributed by atoms with Gasteiger partial charge in [-0.25, -0.2) is 4.98 Å². The molecule has 0 radical (unpaired) electrons. The Kier molecular flexibility index (Phi) is 4.22. The number of halogens is 1. The molecule has 0 atom stereocenters. The highest BCUT2D eigenvalue weighted by Gasteiger charge is 2.24. The molecule has 2 nitrogen and oxygen atoms in total. The first-order valence-corrected chi connectivity index (χ1v) is 7.21. The van der Waals surface area contributed by atoms with Crippen molar-refractivity contribution in [2.24, 2.45) is 5.92 Å². The second kappa shape index (κ2) is 5.67. The molecule has 0 bridgehead atoms. The van der Waals surface area contributed by atoms with E-state index in [4.69, 9.17) is 0 Å². The fourth-order valence-electron chi connectivity index (χ4n) is 1.86. The zero-order valence-electron chi connectivity index (χ0n) is 9.82. The molecule has 0 spiro atoms. The first kappa shape index (κ1) is 11.9. The number of alkyl halides is 1. The molecule has 2 rings (SSSR count). The highest BCUT2D eigenvalue weighted by molar-refractivity contribution is 9.08. The summed E-state index contributed by atoms with van der Waals surface area (Å²) in [5.41, 5.74) is 1.24. The van der Waals surface area contributed by atoms with Crippen molar-refractivity contribution in [2.45, 2.75) is 31.5 Å². The molecule has 1 aromatic rings. The molecule has 1 heterocycles. The second-order valence-corrected chi connectivity index (χ2v) is 5.11. The first-order valence-electron chi connectivity index (χ1n) is 6.09.